The van der Waals surface area contributed by atoms with Crippen molar-refractivity contribution in [1.82, 2.24) is 0 Å². The highest BCUT2D eigenvalue weighted by Crippen LogP contribution is 2.64. The molecule has 0 aromatic heterocycles. The van der Waals surface area contributed by atoms with Crippen LogP contribution < -0.4 is 0 Å². The normalized spacial score (nSPS) is 25.4. The van der Waals surface area contributed by atoms with Crippen LogP contribution in [0.1, 0.15) is 28.2 Å². The van der Waals surface area contributed by atoms with Crippen molar-refractivity contribution in [2.24, 2.45) is 11.8 Å². The second-order valence-corrected chi connectivity index (χ2v) is 8.58. The topological polar surface area (TPSA) is 97.4 Å². The van der Waals surface area contributed by atoms with E-state index in [1.54, 1.807) is 0 Å². The Balaban J connectivity index is 1.28. The molecule has 2 aromatic rings. The fraction of sp³-hybridized carbons (Fsp3) is 0.370. The molecule has 8 heteroatoms. The summed E-state index contributed by atoms with van der Waals surface area (Å²) in [6, 6.07) is 15.7. The van der Waals surface area contributed by atoms with Gasteiger partial charge in [0.05, 0.1) is 39.0 Å². The molecule has 8 nitrogen and oxygen atoms in total. The van der Waals surface area contributed by atoms with Gasteiger partial charge in [-0.3, -0.25) is 9.59 Å². The lowest BCUT2D eigenvalue weighted by atomic mass is 9.52. The highest BCUT2D eigenvalue weighted by atomic mass is 16.6. The number of hydrogen-bond acceptors (Lipinski definition) is 8. The highest BCUT2D eigenvalue weighted by molar-refractivity contribution is 6.00. The Morgan fingerprint density at radius 2 is 1.43 bits per heavy atom. The van der Waals surface area contributed by atoms with Gasteiger partial charge in [-0.15, -0.1) is 0 Å². The lowest BCUT2D eigenvalue weighted by molar-refractivity contribution is -0.158. The monoisotopic (exact) mass is 478 g/mol. The third-order valence-corrected chi connectivity index (χ3v) is 6.84. The van der Waals surface area contributed by atoms with Crippen molar-refractivity contribution in [1.29, 1.82) is 0 Å². The summed E-state index contributed by atoms with van der Waals surface area (Å²) in [5.41, 5.74) is 2.66. The molecule has 0 saturated carbocycles. The van der Waals surface area contributed by atoms with Crippen LogP contribution in [0.25, 0.3) is 0 Å². The quantitative estimate of drug-likeness (QED) is 0.210. The van der Waals surface area contributed by atoms with Crippen LogP contribution >= 0.6 is 0 Å². The highest BCUT2D eigenvalue weighted by Gasteiger charge is 2.68. The molecule has 2 atom stereocenters. The van der Waals surface area contributed by atoms with E-state index in [0.717, 1.165) is 28.3 Å². The molecule has 35 heavy (non-hydrogen) atoms. The zero-order valence-corrected chi connectivity index (χ0v) is 19.1. The largest absolute Gasteiger partial charge is 0.460 e. The molecule has 6 rings (SSSR count). The smallest absolute Gasteiger partial charge is 0.330 e. The van der Waals surface area contributed by atoms with Gasteiger partial charge in [0.25, 0.3) is 0 Å². The second-order valence-electron chi connectivity index (χ2n) is 8.58. The van der Waals surface area contributed by atoms with Crippen LogP contribution in [-0.2, 0) is 43.7 Å². The summed E-state index contributed by atoms with van der Waals surface area (Å²) in [4.78, 5) is 36.7. The first kappa shape index (κ1) is 23.4. The van der Waals surface area contributed by atoms with Crippen molar-refractivity contribution in [3.63, 3.8) is 0 Å². The summed E-state index contributed by atoms with van der Waals surface area (Å²) in [6.45, 7) is 4.86. The molecule has 0 amide bonds. The van der Waals surface area contributed by atoms with Gasteiger partial charge < -0.3 is 23.7 Å². The minimum Gasteiger partial charge on any atom is -0.460 e. The Hall–Kier alpha value is -3.33. The van der Waals surface area contributed by atoms with Crippen molar-refractivity contribution in [2.45, 2.75) is 11.5 Å². The predicted molar refractivity (Wildman–Crippen MR) is 122 cm³/mol. The van der Waals surface area contributed by atoms with Gasteiger partial charge in [-0.25, -0.2) is 4.79 Å². The van der Waals surface area contributed by atoms with Gasteiger partial charge in [-0.2, -0.15) is 0 Å². The van der Waals surface area contributed by atoms with E-state index in [4.69, 9.17) is 23.7 Å². The lowest BCUT2D eigenvalue weighted by Crippen LogP contribution is -2.55. The molecule has 0 radical (unpaired) electrons. The third-order valence-electron chi connectivity index (χ3n) is 6.84. The van der Waals surface area contributed by atoms with Crippen molar-refractivity contribution < 1.29 is 38.1 Å². The molecule has 182 valence electrons. The molecule has 1 fully saturated rings. The van der Waals surface area contributed by atoms with Gasteiger partial charge >= 0.3 is 17.9 Å². The van der Waals surface area contributed by atoms with E-state index in [0.29, 0.717) is 13.2 Å². The molecule has 0 N–H and O–H groups in total. The van der Waals surface area contributed by atoms with Gasteiger partial charge in [0.15, 0.2) is 0 Å². The maximum atomic E-state index is 12.9. The van der Waals surface area contributed by atoms with Crippen molar-refractivity contribution >= 4 is 17.9 Å². The molecule has 2 aromatic carbocycles. The van der Waals surface area contributed by atoms with Crippen molar-refractivity contribution in [3.05, 3.63) is 83.4 Å². The predicted octanol–water partition coefficient (Wildman–Crippen LogP) is 2.48. The van der Waals surface area contributed by atoms with E-state index in [1.807, 2.05) is 48.5 Å². The van der Waals surface area contributed by atoms with Crippen LogP contribution in [0.15, 0.2) is 61.2 Å². The van der Waals surface area contributed by atoms with Crippen LogP contribution in [0.4, 0.5) is 0 Å². The van der Waals surface area contributed by atoms with Crippen molar-refractivity contribution in [3.8, 4) is 0 Å². The summed E-state index contributed by atoms with van der Waals surface area (Å²) in [5, 5.41) is 0. The van der Waals surface area contributed by atoms with E-state index in [9.17, 15) is 14.4 Å². The van der Waals surface area contributed by atoms with Gasteiger partial charge in [-0.05, 0) is 22.3 Å². The minimum absolute atomic E-state index is 0.146. The number of carbonyl (C=O) groups is 3. The summed E-state index contributed by atoms with van der Waals surface area (Å²) in [6.07, 6.45) is 1.10. The van der Waals surface area contributed by atoms with Crippen LogP contribution in [-0.4, -0.2) is 57.5 Å². The van der Waals surface area contributed by atoms with E-state index in [-0.39, 0.29) is 32.3 Å². The van der Waals surface area contributed by atoms with E-state index in [2.05, 4.69) is 6.58 Å². The molecular weight excluding hydrogens is 452 g/mol. The van der Waals surface area contributed by atoms with E-state index < -0.39 is 35.3 Å². The molecule has 1 heterocycles. The molecule has 2 unspecified atom stereocenters. The van der Waals surface area contributed by atoms with Crippen LogP contribution in [0.5, 0.6) is 0 Å². The third kappa shape index (κ3) is 3.87. The number of cyclic esters (lactones) is 2. The van der Waals surface area contributed by atoms with Crippen LogP contribution in [0.3, 0.4) is 0 Å². The van der Waals surface area contributed by atoms with Gasteiger partial charge in [0.2, 0.25) is 0 Å². The Bertz CT molecular complexity index is 1110. The van der Waals surface area contributed by atoms with Gasteiger partial charge in [0, 0.05) is 12.0 Å². The SMILES string of the molecule is C=CC(=O)OCCOCCOCCOC12c3ccccc3C(c3ccccc31)C1C(=O)OC(=O)C12. The first-order valence-electron chi connectivity index (χ1n) is 11.6. The maximum Gasteiger partial charge on any atom is 0.330 e. The van der Waals surface area contributed by atoms with Gasteiger partial charge in [-0.1, -0.05) is 55.1 Å². The molecule has 3 aliphatic carbocycles. The summed E-state index contributed by atoms with van der Waals surface area (Å²) >= 11 is 0. The second kappa shape index (κ2) is 9.73. The molecule has 0 spiro atoms. The summed E-state index contributed by atoms with van der Waals surface area (Å²) in [7, 11) is 0. The number of esters is 3. The maximum absolute atomic E-state index is 12.9. The minimum atomic E-state index is -1.12. The average Bonchev–Trinajstić information content (AvgIpc) is 3.19. The number of rotatable bonds is 11. The molecule has 4 aliphatic rings. The fourth-order valence-electron chi connectivity index (χ4n) is 5.60. The standard InChI is InChI=1S/C27H26O8/c1-2-21(28)33-15-13-31-11-12-32-14-16-34-27-19-9-5-3-7-17(19)22(18-8-4-6-10-20(18)27)23-24(27)26(30)35-25(23)29/h2-10,22-24H,1,11-16H2. The van der Waals surface area contributed by atoms with Crippen LogP contribution in [0.2, 0.25) is 0 Å². The average molecular weight is 478 g/mol. The van der Waals surface area contributed by atoms with Gasteiger partial charge in [0.1, 0.15) is 18.1 Å². The zero-order valence-electron chi connectivity index (χ0n) is 19.1. The van der Waals surface area contributed by atoms with Crippen molar-refractivity contribution in [2.75, 3.05) is 39.6 Å². The molecular formula is C27H26O8. The zero-order chi connectivity index (χ0) is 24.4. The number of carbonyl (C=O) groups excluding carboxylic acids is 3. The Kier molecular flexibility index (Phi) is 6.51. The number of benzene rings is 2. The van der Waals surface area contributed by atoms with E-state index in [1.165, 1.54) is 0 Å². The van der Waals surface area contributed by atoms with E-state index >= 15 is 0 Å². The first-order chi connectivity index (χ1) is 17.1. The molecule has 1 saturated heterocycles. The molecule has 1 aliphatic heterocycles. The Morgan fingerprint density at radius 3 is 2.06 bits per heavy atom. The summed E-state index contributed by atoms with van der Waals surface area (Å²) < 4.78 is 27.5. The summed E-state index contributed by atoms with van der Waals surface area (Å²) in [5.74, 6) is -3.12. The fourth-order valence-corrected chi connectivity index (χ4v) is 5.60. The van der Waals surface area contributed by atoms with Crippen LogP contribution in [0, 0.1) is 11.8 Å². The number of hydrogen-bond donors (Lipinski definition) is 0. The Morgan fingerprint density at radius 1 is 0.857 bits per heavy atom. The first-order valence-corrected chi connectivity index (χ1v) is 11.6. The Labute approximate surface area is 202 Å². The number of ether oxygens (including phenoxy) is 5. The molecule has 2 bridgehead atoms. The lowest BCUT2D eigenvalue weighted by Gasteiger charge is -2.52.